The second kappa shape index (κ2) is 5.26. The smallest absolute Gasteiger partial charge is 0.367 e. The van der Waals surface area contributed by atoms with Gasteiger partial charge in [0.15, 0.2) is 5.69 Å². The molecule has 0 spiro atoms. The predicted molar refractivity (Wildman–Crippen MR) is 75.9 cm³/mol. The Labute approximate surface area is 118 Å². The molecule has 0 radical (unpaired) electrons. The molecule has 20 heavy (non-hydrogen) atoms. The highest BCUT2D eigenvalue weighted by molar-refractivity contribution is 7.13. The van der Waals surface area contributed by atoms with Crippen LogP contribution in [0.15, 0.2) is 51.0 Å². The van der Waals surface area contributed by atoms with Crippen LogP contribution in [0.25, 0.3) is 22.0 Å². The zero-order valence-corrected chi connectivity index (χ0v) is 11.4. The molecule has 0 N–H and O–H groups in total. The van der Waals surface area contributed by atoms with Gasteiger partial charge in [-0.15, -0.1) is 21.5 Å². The third-order valence-corrected chi connectivity index (χ3v) is 3.59. The van der Waals surface area contributed by atoms with Crippen LogP contribution in [0.2, 0.25) is 0 Å². The van der Waals surface area contributed by atoms with Crippen LogP contribution in [0.5, 0.6) is 5.75 Å². The molecule has 0 saturated carbocycles. The maximum Gasteiger partial charge on any atom is 0.367 e. The minimum Gasteiger partial charge on any atom is -0.497 e. The van der Waals surface area contributed by atoms with E-state index < -0.39 is 5.63 Å². The van der Waals surface area contributed by atoms with Crippen molar-refractivity contribution in [3.05, 3.63) is 52.2 Å². The van der Waals surface area contributed by atoms with Gasteiger partial charge < -0.3 is 9.15 Å². The van der Waals surface area contributed by atoms with E-state index in [0.717, 1.165) is 10.6 Å². The number of hydrogen-bond donors (Lipinski definition) is 0. The lowest BCUT2D eigenvalue weighted by Gasteiger charge is -2.01. The third kappa shape index (κ3) is 2.33. The summed E-state index contributed by atoms with van der Waals surface area (Å²) in [5, 5.41) is 9.80. The molecular weight excluding hydrogens is 276 g/mol. The van der Waals surface area contributed by atoms with E-state index in [1.165, 1.54) is 11.3 Å². The van der Waals surface area contributed by atoms with Gasteiger partial charge in [-0.2, -0.15) is 0 Å². The topological polar surface area (TPSA) is 65.2 Å². The van der Waals surface area contributed by atoms with Crippen molar-refractivity contribution in [1.29, 1.82) is 0 Å². The Balaban J connectivity index is 1.99. The van der Waals surface area contributed by atoms with E-state index in [-0.39, 0.29) is 11.6 Å². The van der Waals surface area contributed by atoms with Crippen LogP contribution in [-0.2, 0) is 0 Å². The Morgan fingerprint density at radius 1 is 1.15 bits per heavy atom. The van der Waals surface area contributed by atoms with Crippen LogP contribution in [-0.4, -0.2) is 17.3 Å². The maximum atomic E-state index is 11.9. The maximum absolute atomic E-state index is 11.9. The number of rotatable bonds is 3. The molecule has 0 aliphatic heterocycles. The van der Waals surface area contributed by atoms with E-state index in [1.807, 2.05) is 11.4 Å². The Morgan fingerprint density at radius 3 is 2.55 bits per heavy atom. The largest absolute Gasteiger partial charge is 0.497 e. The molecule has 0 amide bonds. The summed E-state index contributed by atoms with van der Waals surface area (Å²) in [6.07, 6.45) is 0. The van der Waals surface area contributed by atoms with Crippen molar-refractivity contribution in [3.63, 3.8) is 0 Å². The second-order valence-corrected chi connectivity index (χ2v) is 4.90. The summed E-state index contributed by atoms with van der Waals surface area (Å²) >= 11 is 1.42. The van der Waals surface area contributed by atoms with Gasteiger partial charge in [-0.25, -0.2) is 4.79 Å². The molecule has 0 aliphatic rings. The fraction of sp³-hybridized carbons (Fsp3) is 0.0714. The van der Waals surface area contributed by atoms with Crippen molar-refractivity contribution in [2.75, 3.05) is 7.11 Å². The van der Waals surface area contributed by atoms with Crippen molar-refractivity contribution in [1.82, 2.24) is 10.2 Å². The average Bonchev–Trinajstić information content (AvgIpc) is 3.01. The van der Waals surface area contributed by atoms with Gasteiger partial charge in [0.25, 0.3) is 0 Å². The van der Waals surface area contributed by atoms with E-state index in [9.17, 15) is 4.79 Å². The van der Waals surface area contributed by atoms with Gasteiger partial charge in [0.2, 0.25) is 5.89 Å². The Hall–Kier alpha value is -2.47. The molecule has 2 heterocycles. The van der Waals surface area contributed by atoms with Crippen LogP contribution < -0.4 is 10.4 Å². The highest BCUT2D eigenvalue weighted by atomic mass is 32.1. The number of thiophene rings is 1. The van der Waals surface area contributed by atoms with E-state index in [2.05, 4.69) is 10.2 Å². The number of nitrogens with zero attached hydrogens (tertiary/aromatic N) is 2. The number of methoxy groups -OCH3 is 1. The quantitative estimate of drug-likeness (QED) is 0.740. The SMILES string of the molecule is COc1ccc(-c2nnc(-c3cccs3)c(=O)o2)cc1. The molecule has 0 aliphatic carbocycles. The van der Waals surface area contributed by atoms with Gasteiger partial charge in [0, 0.05) is 5.56 Å². The van der Waals surface area contributed by atoms with Crippen LogP contribution in [0.1, 0.15) is 0 Å². The van der Waals surface area contributed by atoms with E-state index in [0.29, 0.717) is 5.56 Å². The van der Waals surface area contributed by atoms with Crippen molar-refractivity contribution in [2.45, 2.75) is 0 Å². The van der Waals surface area contributed by atoms with Gasteiger partial charge in [0.1, 0.15) is 5.75 Å². The number of benzene rings is 1. The van der Waals surface area contributed by atoms with Crippen LogP contribution in [0.4, 0.5) is 0 Å². The molecule has 1 aromatic carbocycles. The predicted octanol–water partition coefficient (Wildman–Crippen LogP) is 2.83. The molecule has 2 aromatic heterocycles. The van der Waals surface area contributed by atoms with E-state index >= 15 is 0 Å². The van der Waals surface area contributed by atoms with Crippen molar-refractivity contribution >= 4 is 11.3 Å². The lowest BCUT2D eigenvalue weighted by molar-refractivity contribution is 0.414. The second-order valence-electron chi connectivity index (χ2n) is 3.95. The Kier molecular flexibility index (Phi) is 3.30. The average molecular weight is 286 g/mol. The highest BCUT2D eigenvalue weighted by Gasteiger charge is 2.11. The first-order valence-corrected chi connectivity index (χ1v) is 6.72. The minimum absolute atomic E-state index is 0.193. The molecule has 100 valence electrons. The summed E-state index contributed by atoms with van der Waals surface area (Å²) in [5.74, 6) is 0.914. The molecule has 3 rings (SSSR count). The summed E-state index contributed by atoms with van der Waals surface area (Å²) in [7, 11) is 1.59. The lowest BCUT2D eigenvalue weighted by Crippen LogP contribution is -2.07. The van der Waals surface area contributed by atoms with Gasteiger partial charge in [-0.05, 0) is 35.7 Å². The first-order chi connectivity index (χ1) is 9.78. The summed E-state index contributed by atoms with van der Waals surface area (Å²) in [5.41, 5.74) is 0.415. The first kappa shape index (κ1) is 12.6. The summed E-state index contributed by atoms with van der Waals surface area (Å²) in [6, 6.07) is 10.7. The molecule has 3 aromatic rings. The summed E-state index contributed by atoms with van der Waals surface area (Å²) in [4.78, 5) is 12.7. The summed E-state index contributed by atoms with van der Waals surface area (Å²) < 4.78 is 10.3. The normalized spacial score (nSPS) is 10.4. The number of ether oxygens (including phenoxy) is 1. The monoisotopic (exact) mass is 286 g/mol. The van der Waals surface area contributed by atoms with Crippen molar-refractivity contribution in [2.24, 2.45) is 0 Å². The molecule has 0 fully saturated rings. The standard InChI is InChI=1S/C14H10N2O3S/c1-18-10-6-4-9(5-7-10)13-16-15-12(14(17)19-13)11-3-2-8-20-11/h2-8H,1H3. The van der Waals surface area contributed by atoms with Crippen LogP contribution in [0.3, 0.4) is 0 Å². The minimum atomic E-state index is -0.492. The van der Waals surface area contributed by atoms with Crippen molar-refractivity contribution < 1.29 is 9.15 Å². The zero-order valence-electron chi connectivity index (χ0n) is 10.6. The fourth-order valence-electron chi connectivity index (χ4n) is 1.71. The molecule has 0 saturated heterocycles. The number of hydrogen-bond acceptors (Lipinski definition) is 6. The summed E-state index contributed by atoms with van der Waals surface area (Å²) in [6.45, 7) is 0. The fourth-order valence-corrected chi connectivity index (χ4v) is 2.40. The number of aromatic nitrogens is 2. The highest BCUT2D eigenvalue weighted by Crippen LogP contribution is 2.22. The molecule has 5 nitrogen and oxygen atoms in total. The molecule has 0 atom stereocenters. The lowest BCUT2D eigenvalue weighted by atomic mass is 10.2. The van der Waals surface area contributed by atoms with Gasteiger partial charge in [-0.3, -0.25) is 0 Å². The van der Waals surface area contributed by atoms with Gasteiger partial charge in [0.05, 0.1) is 12.0 Å². The van der Waals surface area contributed by atoms with E-state index in [4.69, 9.17) is 9.15 Å². The van der Waals surface area contributed by atoms with Gasteiger partial charge >= 0.3 is 5.63 Å². The van der Waals surface area contributed by atoms with Crippen LogP contribution in [0, 0.1) is 0 Å². The Morgan fingerprint density at radius 2 is 1.95 bits per heavy atom. The van der Waals surface area contributed by atoms with Crippen LogP contribution >= 0.6 is 11.3 Å². The third-order valence-electron chi connectivity index (χ3n) is 2.72. The first-order valence-electron chi connectivity index (χ1n) is 5.84. The zero-order chi connectivity index (χ0) is 13.9. The van der Waals surface area contributed by atoms with E-state index in [1.54, 1.807) is 37.4 Å². The van der Waals surface area contributed by atoms with Crippen molar-refractivity contribution in [3.8, 4) is 27.8 Å². The van der Waals surface area contributed by atoms with Gasteiger partial charge in [-0.1, -0.05) is 6.07 Å². The molecular formula is C14H10N2O3S. The Bertz CT molecular complexity index is 764. The molecule has 0 unspecified atom stereocenters. The molecule has 6 heteroatoms. The molecule has 0 bridgehead atoms.